The molecule has 2 aromatic carbocycles. The van der Waals surface area contributed by atoms with Crippen molar-refractivity contribution in [2.45, 2.75) is 32.2 Å². The fourth-order valence-corrected chi connectivity index (χ4v) is 5.90. The molecular formula is C29H30FN3O6S. The van der Waals surface area contributed by atoms with Crippen molar-refractivity contribution in [3.05, 3.63) is 76.7 Å². The van der Waals surface area contributed by atoms with Crippen LogP contribution in [0, 0.1) is 5.82 Å². The largest absolute Gasteiger partial charge is 0.493 e. The molecule has 9 nitrogen and oxygen atoms in total. The van der Waals surface area contributed by atoms with Crippen molar-refractivity contribution < 1.29 is 31.5 Å². The molecule has 1 unspecified atom stereocenters. The average molecular weight is 568 g/mol. The average Bonchev–Trinajstić information content (AvgIpc) is 3.51. The predicted octanol–water partition coefficient (Wildman–Crippen LogP) is 4.63. The number of halogens is 1. The van der Waals surface area contributed by atoms with Crippen LogP contribution in [0.15, 0.2) is 52.9 Å². The van der Waals surface area contributed by atoms with Crippen molar-refractivity contribution in [3.63, 3.8) is 0 Å². The van der Waals surface area contributed by atoms with E-state index in [1.807, 2.05) is 25.1 Å². The van der Waals surface area contributed by atoms with Gasteiger partial charge in [0, 0.05) is 23.6 Å². The first kappa shape index (κ1) is 27.6. The quantitative estimate of drug-likeness (QED) is 0.296. The number of sulfonamides is 1. The number of carbonyl (C=O) groups is 1. The maximum atomic E-state index is 13.5. The lowest BCUT2D eigenvalue weighted by molar-refractivity contribution is 0.100. The number of nitrogens with two attached hydrogens (primary N) is 1. The topological polar surface area (TPSA) is 125 Å². The van der Waals surface area contributed by atoms with E-state index in [2.05, 4.69) is 4.98 Å². The summed E-state index contributed by atoms with van der Waals surface area (Å²) < 4.78 is 57.8. The zero-order chi connectivity index (χ0) is 28.6. The number of ether oxygens (including phenoxy) is 2. The van der Waals surface area contributed by atoms with Gasteiger partial charge in [-0.25, -0.2) is 17.8 Å². The predicted molar refractivity (Wildman–Crippen MR) is 148 cm³/mol. The van der Waals surface area contributed by atoms with Crippen LogP contribution in [0.1, 0.15) is 46.4 Å². The Bertz CT molecular complexity index is 1680. The van der Waals surface area contributed by atoms with Crippen LogP contribution in [-0.4, -0.2) is 50.1 Å². The molecule has 1 aliphatic heterocycles. The van der Waals surface area contributed by atoms with Crippen LogP contribution in [0.3, 0.4) is 0 Å². The Morgan fingerprint density at radius 2 is 1.98 bits per heavy atom. The van der Waals surface area contributed by atoms with Gasteiger partial charge in [-0.15, -0.1) is 0 Å². The van der Waals surface area contributed by atoms with Gasteiger partial charge in [-0.2, -0.15) is 4.31 Å². The lowest BCUT2D eigenvalue weighted by Crippen LogP contribution is -2.32. The molecule has 11 heteroatoms. The highest BCUT2D eigenvalue weighted by atomic mass is 32.2. The minimum atomic E-state index is -3.60. The van der Waals surface area contributed by atoms with Gasteiger partial charge in [0.25, 0.3) is 5.91 Å². The van der Waals surface area contributed by atoms with Crippen molar-refractivity contribution in [2.24, 2.45) is 5.73 Å². The summed E-state index contributed by atoms with van der Waals surface area (Å²) in [5.41, 5.74) is 8.74. The van der Waals surface area contributed by atoms with Crippen LogP contribution in [0.25, 0.3) is 22.4 Å². The number of fused-ring (bicyclic) bond motifs is 2. The summed E-state index contributed by atoms with van der Waals surface area (Å²) in [6.45, 7) is 2.63. The van der Waals surface area contributed by atoms with Crippen molar-refractivity contribution >= 4 is 27.0 Å². The number of primary amides is 1. The van der Waals surface area contributed by atoms with E-state index in [4.69, 9.17) is 19.6 Å². The first-order chi connectivity index (χ1) is 19.1. The molecule has 1 aliphatic rings. The third kappa shape index (κ3) is 5.26. The molecule has 0 spiro atoms. The molecule has 0 radical (unpaired) electrons. The molecule has 0 saturated carbocycles. The number of carbonyl (C=O) groups excluding carboxylic acids is 1. The summed E-state index contributed by atoms with van der Waals surface area (Å²) in [6, 6.07) is 13.0. The fraction of sp³-hybridized carbons (Fsp3) is 0.310. The Hall–Kier alpha value is -3.96. The van der Waals surface area contributed by atoms with Crippen LogP contribution < -0.4 is 15.2 Å². The Morgan fingerprint density at radius 1 is 1.23 bits per heavy atom. The normalized spacial score (nSPS) is 14.9. The minimum absolute atomic E-state index is 0.0110. The number of pyridine rings is 1. The number of aromatic nitrogens is 1. The third-order valence-corrected chi connectivity index (χ3v) is 8.45. The van der Waals surface area contributed by atoms with E-state index in [0.717, 1.165) is 11.1 Å². The van der Waals surface area contributed by atoms with Gasteiger partial charge >= 0.3 is 0 Å². The summed E-state index contributed by atoms with van der Waals surface area (Å²) >= 11 is 0. The summed E-state index contributed by atoms with van der Waals surface area (Å²) in [5, 5.41) is 0.423. The minimum Gasteiger partial charge on any atom is -0.493 e. The monoisotopic (exact) mass is 567 g/mol. The number of methoxy groups -OCH3 is 1. The number of aryl methyl sites for hydroxylation is 1. The van der Waals surface area contributed by atoms with E-state index in [-0.39, 0.29) is 36.0 Å². The molecule has 0 fully saturated rings. The van der Waals surface area contributed by atoms with Gasteiger partial charge in [0.2, 0.25) is 15.7 Å². The van der Waals surface area contributed by atoms with Crippen LogP contribution in [0.4, 0.5) is 4.39 Å². The summed E-state index contributed by atoms with van der Waals surface area (Å²) in [4.78, 5) is 17.1. The SMILES string of the molecule is CCc1cc2c(C(N)=O)c(-c3ccc(F)cc3)oc2nc1CN(CCC1COc2c(OC)cccc21)S(C)(=O)=O. The van der Waals surface area contributed by atoms with E-state index in [9.17, 15) is 17.6 Å². The first-order valence-electron chi connectivity index (χ1n) is 12.9. The number of furan rings is 1. The van der Waals surface area contributed by atoms with Crippen LogP contribution in [0.2, 0.25) is 0 Å². The fourth-order valence-electron chi connectivity index (χ4n) is 5.10. The summed E-state index contributed by atoms with van der Waals surface area (Å²) in [6.07, 6.45) is 2.25. The maximum Gasteiger partial charge on any atom is 0.253 e. The van der Waals surface area contributed by atoms with Gasteiger partial charge in [-0.05, 0) is 54.8 Å². The Balaban J connectivity index is 1.47. The van der Waals surface area contributed by atoms with Gasteiger partial charge in [-0.3, -0.25) is 4.79 Å². The summed E-state index contributed by atoms with van der Waals surface area (Å²) in [5.74, 6) is 0.409. The molecular weight excluding hydrogens is 537 g/mol. The number of hydrogen-bond acceptors (Lipinski definition) is 7. The summed E-state index contributed by atoms with van der Waals surface area (Å²) in [7, 11) is -2.01. The van der Waals surface area contributed by atoms with Crippen LogP contribution in [-0.2, 0) is 23.0 Å². The third-order valence-electron chi connectivity index (χ3n) is 7.21. The smallest absolute Gasteiger partial charge is 0.253 e. The van der Waals surface area contributed by atoms with E-state index < -0.39 is 21.7 Å². The number of nitrogens with zero attached hydrogens (tertiary/aromatic N) is 2. The molecule has 210 valence electrons. The molecule has 40 heavy (non-hydrogen) atoms. The van der Waals surface area contributed by atoms with Crippen molar-refractivity contribution in [2.75, 3.05) is 26.5 Å². The highest BCUT2D eigenvalue weighted by molar-refractivity contribution is 7.88. The Labute approximate surface area is 231 Å². The molecule has 4 aromatic rings. The number of hydrogen-bond donors (Lipinski definition) is 1. The second-order valence-corrected chi connectivity index (χ2v) is 11.7. The lowest BCUT2D eigenvalue weighted by atomic mass is 9.97. The molecule has 2 aromatic heterocycles. The molecule has 0 bridgehead atoms. The molecule has 2 N–H and O–H groups in total. The number of amides is 1. The zero-order valence-electron chi connectivity index (χ0n) is 22.4. The van der Waals surface area contributed by atoms with E-state index in [1.165, 1.54) is 34.8 Å². The highest BCUT2D eigenvalue weighted by Gasteiger charge is 2.30. The highest BCUT2D eigenvalue weighted by Crippen LogP contribution is 2.42. The van der Waals surface area contributed by atoms with Crippen molar-refractivity contribution in [1.29, 1.82) is 0 Å². The number of benzene rings is 2. The molecule has 5 rings (SSSR count). The van der Waals surface area contributed by atoms with Gasteiger partial charge in [0.1, 0.15) is 11.6 Å². The van der Waals surface area contributed by atoms with E-state index in [0.29, 0.717) is 47.6 Å². The molecule has 1 atom stereocenters. The second kappa shape index (κ2) is 10.9. The van der Waals surface area contributed by atoms with Gasteiger partial charge in [-0.1, -0.05) is 19.1 Å². The van der Waals surface area contributed by atoms with Gasteiger partial charge < -0.3 is 19.6 Å². The number of para-hydroxylation sites is 1. The van der Waals surface area contributed by atoms with Gasteiger partial charge in [0.05, 0.1) is 43.2 Å². The van der Waals surface area contributed by atoms with Crippen molar-refractivity contribution in [3.8, 4) is 22.8 Å². The molecule has 1 amide bonds. The van der Waals surface area contributed by atoms with Gasteiger partial charge in [0.15, 0.2) is 11.5 Å². The second-order valence-electron chi connectivity index (χ2n) is 9.75. The molecule has 0 aliphatic carbocycles. The van der Waals surface area contributed by atoms with E-state index in [1.54, 1.807) is 13.2 Å². The molecule has 0 saturated heterocycles. The van der Waals surface area contributed by atoms with Crippen LogP contribution >= 0.6 is 0 Å². The number of rotatable bonds is 10. The molecule has 3 heterocycles. The van der Waals surface area contributed by atoms with Crippen molar-refractivity contribution in [1.82, 2.24) is 9.29 Å². The standard InChI is InChI=1S/C29H30FN3O6S/c1-4-17-14-22-25(28(31)34)26(18-8-10-20(30)11-9-18)39-29(22)32-23(17)15-33(40(3,35)36)13-12-19-16-38-27-21(19)6-5-7-24(27)37-2/h5-11,14,19H,4,12-13,15-16H2,1-3H3,(H2,31,34). The zero-order valence-corrected chi connectivity index (χ0v) is 23.3. The van der Waals surface area contributed by atoms with E-state index >= 15 is 0 Å². The maximum absolute atomic E-state index is 13.5. The lowest BCUT2D eigenvalue weighted by Gasteiger charge is -2.22. The van der Waals surface area contributed by atoms with Crippen LogP contribution in [0.5, 0.6) is 11.5 Å². The first-order valence-corrected chi connectivity index (χ1v) is 14.7. The Morgan fingerprint density at radius 3 is 2.62 bits per heavy atom. The Kier molecular flexibility index (Phi) is 7.52.